The van der Waals surface area contributed by atoms with Gasteiger partial charge in [-0.2, -0.15) is 5.10 Å². The van der Waals surface area contributed by atoms with Crippen molar-refractivity contribution in [2.45, 2.75) is 26.9 Å². The van der Waals surface area contributed by atoms with E-state index >= 15 is 0 Å². The third kappa shape index (κ3) is 4.20. The Morgan fingerprint density at radius 1 is 1.07 bits per heavy atom. The van der Waals surface area contributed by atoms with Crippen LogP contribution in [0.4, 0.5) is 0 Å². The molecule has 3 aromatic rings. The molecule has 0 aliphatic heterocycles. The first-order valence-corrected chi connectivity index (χ1v) is 9.77. The smallest absolute Gasteiger partial charge is 0.330 e. The van der Waals surface area contributed by atoms with Crippen LogP contribution in [-0.4, -0.2) is 24.9 Å². The second-order valence-electron chi connectivity index (χ2n) is 6.87. The second-order valence-corrected chi connectivity index (χ2v) is 7.69. The van der Waals surface area contributed by atoms with Crippen molar-refractivity contribution in [3.8, 4) is 5.69 Å². The van der Waals surface area contributed by atoms with Gasteiger partial charge in [0.2, 0.25) is 0 Å². The second kappa shape index (κ2) is 8.49. The minimum absolute atomic E-state index is 0.00220. The highest BCUT2D eigenvalue weighted by Crippen LogP contribution is 2.26. The first-order valence-electron chi connectivity index (χ1n) is 9.02. The van der Waals surface area contributed by atoms with E-state index in [4.69, 9.17) is 27.9 Å². The normalized spacial score (nSPS) is 11.0. The van der Waals surface area contributed by atoms with E-state index in [2.05, 4.69) is 5.10 Å². The van der Waals surface area contributed by atoms with E-state index in [0.29, 0.717) is 21.4 Å². The third-order valence-electron chi connectivity index (χ3n) is 4.92. The minimum atomic E-state index is -0.497. The summed E-state index contributed by atoms with van der Waals surface area (Å²) >= 11 is 12.1. The Kier molecular flexibility index (Phi) is 6.19. The largest absolute Gasteiger partial charge is 0.459 e. The van der Waals surface area contributed by atoms with Crippen LogP contribution < -0.4 is 11.2 Å². The van der Waals surface area contributed by atoms with Gasteiger partial charge in [0.15, 0.2) is 0 Å². The lowest BCUT2D eigenvalue weighted by Gasteiger charge is -2.10. The molecule has 158 valence electrons. The summed E-state index contributed by atoms with van der Waals surface area (Å²) in [6.45, 7) is 3.46. The van der Waals surface area contributed by atoms with Gasteiger partial charge in [0, 0.05) is 31.4 Å². The molecule has 2 aromatic heterocycles. The van der Waals surface area contributed by atoms with Crippen LogP contribution in [0.3, 0.4) is 0 Å². The number of ether oxygens (including phenoxy) is 1. The van der Waals surface area contributed by atoms with E-state index in [1.54, 1.807) is 29.8 Å². The Morgan fingerprint density at radius 3 is 2.43 bits per heavy atom. The summed E-state index contributed by atoms with van der Waals surface area (Å²) < 4.78 is 9.24. The number of hydrogen-bond donors (Lipinski definition) is 0. The summed E-state index contributed by atoms with van der Waals surface area (Å²) in [7, 11) is 2.90. The summed E-state index contributed by atoms with van der Waals surface area (Å²) in [6, 6.07) is 6.43. The van der Waals surface area contributed by atoms with Gasteiger partial charge in [0.1, 0.15) is 6.61 Å². The van der Waals surface area contributed by atoms with Crippen LogP contribution in [0.15, 0.2) is 33.9 Å². The molecule has 0 saturated carbocycles. The zero-order valence-corrected chi connectivity index (χ0v) is 18.4. The van der Waals surface area contributed by atoms with Crippen LogP contribution in [0, 0.1) is 13.8 Å². The summed E-state index contributed by atoms with van der Waals surface area (Å²) in [5, 5.41) is 5.33. The fourth-order valence-corrected chi connectivity index (χ4v) is 3.36. The highest BCUT2D eigenvalue weighted by Gasteiger charge is 2.18. The van der Waals surface area contributed by atoms with Gasteiger partial charge < -0.3 is 4.74 Å². The van der Waals surface area contributed by atoms with Crippen molar-refractivity contribution in [3.05, 3.63) is 77.8 Å². The number of carbonyl (C=O) groups excluding carboxylic acids is 1. The standard InChI is InChI=1S/C20H20Cl2N4O4/c1-11-15(12(2)26(23-11)13-5-6-16(21)17(22)7-13)9-19(28)30-10-14-8-18(27)25(4)20(29)24(14)3/h5-8H,9-10H2,1-4H3. The van der Waals surface area contributed by atoms with E-state index in [1.807, 2.05) is 6.92 Å². The van der Waals surface area contributed by atoms with E-state index in [0.717, 1.165) is 21.5 Å². The lowest BCUT2D eigenvalue weighted by atomic mass is 10.1. The summed E-state index contributed by atoms with van der Waals surface area (Å²) in [5.74, 6) is -0.497. The number of halogens is 2. The third-order valence-corrected chi connectivity index (χ3v) is 5.66. The SMILES string of the molecule is Cc1nn(-c2ccc(Cl)c(Cl)c2)c(C)c1CC(=O)OCc1cc(=O)n(C)c(=O)n1C. The number of aryl methyl sites for hydroxylation is 1. The van der Waals surface area contributed by atoms with Crippen molar-refractivity contribution < 1.29 is 9.53 Å². The number of nitrogens with zero attached hydrogens (tertiary/aromatic N) is 4. The molecule has 0 aliphatic rings. The molecule has 8 nitrogen and oxygen atoms in total. The van der Waals surface area contributed by atoms with E-state index in [1.165, 1.54) is 24.7 Å². The molecule has 1 aromatic carbocycles. The van der Waals surface area contributed by atoms with E-state index in [9.17, 15) is 14.4 Å². The molecule has 10 heteroatoms. The minimum Gasteiger partial charge on any atom is -0.459 e. The Hall–Kier alpha value is -2.84. The predicted molar refractivity (Wildman–Crippen MR) is 113 cm³/mol. The lowest BCUT2D eigenvalue weighted by Crippen LogP contribution is -2.38. The fourth-order valence-electron chi connectivity index (χ4n) is 3.07. The molecule has 3 rings (SSSR count). The molecule has 0 aliphatic carbocycles. The van der Waals surface area contributed by atoms with Gasteiger partial charge in [0.25, 0.3) is 5.56 Å². The molecule has 0 amide bonds. The topological polar surface area (TPSA) is 88.1 Å². The Balaban J connectivity index is 1.78. The number of hydrogen-bond acceptors (Lipinski definition) is 5. The van der Waals surface area contributed by atoms with Crippen molar-refractivity contribution in [1.29, 1.82) is 0 Å². The molecular weight excluding hydrogens is 431 g/mol. The van der Waals surface area contributed by atoms with Gasteiger partial charge in [-0.05, 0) is 32.0 Å². The van der Waals surface area contributed by atoms with Crippen LogP contribution in [0.1, 0.15) is 22.6 Å². The molecule has 0 bridgehead atoms. The lowest BCUT2D eigenvalue weighted by molar-refractivity contribution is -0.144. The van der Waals surface area contributed by atoms with Crippen molar-refractivity contribution in [1.82, 2.24) is 18.9 Å². The highest BCUT2D eigenvalue weighted by molar-refractivity contribution is 6.42. The number of aromatic nitrogens is 4. The monoisotopic (exact) mass is 450 g/mol. The Morgan fingerprint density at radius 2 is 1.77 bits per heavy atom. The maximum Gasteiger partial charge on any atom is 0.330 e. The molecule has 0 atom stereocenters. The van der Waals surface area contributed by atoms with Gasteiger partial charge in [-0.25, -0.2) is 9.48 Å². The molecule has 0 fully saturated rings. The molecule has 0 N–H and O–H groups in total. The van der Waals surface area contributed by atoms with Crippen molar-refractivity contribution in [2.24, 2.45) is 14.1 Å². The van der Waals surface area contributed by atoms with Gasteiger partial charge in [-0.15, -0.1) is 0 Å². The van der Waals surface area contributed by atoms with Crippen molar-refractivity contribution >= 4 is 29.2 Å². The highest BCUT2D eigenvalue weighted by atomic mass is 35.5. The quantitative estimate of drug-likeness (QED) is 0.557. The Labute approximate surface area is 182 Å². The predicted octanol–water partition coefficient (Wildman–Crippen LogP) is 2.48. The van der Waals surface area contributed by atoms with Crippen molar-refractivity contribution in [2.75, 3.05) is 0 Å². The van der Waals surface area contributed by atoms with Crippen LogP contribution in [-0.2, 0) is 36.7 Å². The van der Waals surface area contributed by atoms with E-state index in [-0.39, 0.29) is 13.0 Å². The van der Waals surface area contributed by atoms with Crippen LogP contribution >= 0.6 is 23.2 Å². The number of carbonyl (C=O) groups is 1. The number of benzene rings is 1. The molecule has 2 heterocycles. The first kappa shape index (κ1) is 21.9. The summed E-state index contributed by atoms with van der Waals surface area (Å²) in [5.41, 5.74) is 2.27. The molecular formula is C20H20Cl2N4O4. The molecule has 0 radical (unpaired) electrons. The van der Waals surface area contributed by atoms with Gasteiger partial charge >= 0.3 is 11.7 Å². The average molecular weight is 451 g/mol. The summed E-state index contributed by atoms with van der Waals surface area (Å²) in [6.07, 6.45) is -0.00220. The van der Waals surface area contributed by atoms with Gasteiger partial charge in [0.05, 0.1) is 33.5 Å². The fraction of sp³-hybridized carbons (Fsp3) is 0.300. The molecule has 0 saturated heterocycles. The molecule has 30 heavy (non-hydrogen) atoms. The maximum atomic E-state index is 12.4. The van der Waals surface area contributed by atoms with Crippen LogP contribution in [0.2, 0.25) is 10.0 Å². The number of rotatable bonds is 5. The first-order chi connectivity index (χ1) is 14.1. The van der Waals surface area contributed by atoms with Gasteiger partial charge in [-0.3, -0.25) is 18.7 Å². The zero-order chi connectivity index (χ0) is 22.2. The zero-order valence-electron chi connectivity index (χ0n) is 16.9. The van der Waals surface area contributed by atoms with E-state index < -0.39 is 17.2 Å². The maximum absolute atomic E-state index is 12.4. The summed E-state index contributed by atoms with van der Waals surface area (Å²) in [4.78, 5) is 36.2. The number of esters is 1. The van der Waals surface area contributed by atoms with Gasteiger partial charge in [-0.1, -0.05) is 23.2 Å². The Bertz CT molecular complexity index is 1260. The average Bonchev–Trinajstić information content (AvgIpc) is 2.98. The van der Waals surface area contributed by atoms with Crippen LogP contribution in [0.5, 0.6) is 0 Å². The molecule has 0 spiro atoms. The molecule has 0 unspecified atom stereocenters. The van der Waals surface area contributed by atoms with Crippen molar-refractivity contribution in [3.63, 3.8) is 0 Å². The van der Waals surface area contributed by atoms with Crippen LogP contribution in [0.25, 0.3) is 5.69 Å².